The second-order valence-electron chi connectivity index (χ2n) is 10.2. The predicted molar refractivity (Wildman–Crippen MR) is 148 cm³/mol. The first-order valence-electron chi connectivity index (χ1n) is 13.5. The van der Waals surface area contributed by atoms with Crippen LogP contribution in [-0.4, -0.2) is 54.9 Å². The highest BCUT2D eigenvalue weighted by Gasteiger charge is 2.40. The summed E-state index contributed by atoms with van der Waals surface area (Å²) in [5.74, 6) is 1.28. The number of hydrogen-bond acceptors (Lipinski definition) is 4. The van der Waals surface area contributed by atoms with Crippen LogP contribution >= 0.6 is 0 Å². The fourth-order valence-corrected chi connectivity index (χ4v) is 5.87. The minimum atomic E-state index is -0.867. The molecule has 2 bridgehead atoms. The molecule has 0 saturated carbocycles. The molecule has 3 heterocycles. The second-order valence-corrected chi connectivity index (χ2v) is 10.2. The van der Waals surface area contributed by atoms with Crippen molar-refractivity contribution in [3.8, 4) is 16.9 Å². The van der Waals surface area contributed by atoms with E-state index in [4.69, 9.17) is 10.5 Å². The fraction of sp³-hybridized carbons (Fsp3) is 0.387. The highest BCUT2D eigenvalue weighted by atomic mass is 16.5. The number of carboxylic acid groups (broad SMARTS) is 1. The molecule has 0 aliphatic carbocycles. The summed E-state index contributed by atoms with van der Waals surface area (Å²) < 4.78 is 6.00. The normalized spacial score (nSPS) is 20.5. The van der Waals surface area contributed by atoms with E-state index in [-0.39, 0.29) is 6.04 Å². The van der Waals surface area contributed by atoms with Crippen LogP contribution in [0.15, 0.2) is 72.8 Å². The fourth-order valence-electron chi connectivity index (χ4n) is 5.87. The molecule has 0 spiro atoms. The predicted octanol–water partition coefficient (Wildman–Crippen LogP) is 5.45. The Bertz CT molecular complexity index is 1190. The maximum atomic E-state index is 12.7. The maximum absolute atomic E-state index is 12.7. The lowest BCUT2D eigenvalue weighted by Crippen LogP contribution is -2.59. The van der Waals surface area contributed by atoms with E-state index in [9.17, 15) is 9.90 Å². The number of hydrogen-bond donors (Lipinski definition) is 2. The van der Waals surface area contributed by atoms with Gasteiger partial charge in [0.25, 0.3) is 0 Å². The van der Waals surface area contributed by atoms with E-state index in [0.29, 0.717) is 19.1 Å². The Balaban J connectivity index is 1.35. The molecule has 194 valence electrons. The Hall–Kier alpha value is -3.35. The van der Waals surface area contributed by atoms with E-state index >= 15 is 0 Å². The zero-order valence-electron chi connectivity index (χ0n) is 21.4. The summed E-state index contributed by atoms with van der Waals surface area (Å²) in [6.45, 7) is 4.19. The van der Waals surface area contributed by atoms with Crippen LogP contribution in [0.1, 0.15) is 30.4 Å². The van der Waals surface area contributed by atoms with Crippen molar-refractivity contribution in [2.45, 2.75) is 38.1 Å². The number of ether oxygens (including phenoxy) is 1. The molecule has 1 atom stereocenters. The van der Waals surface area contributed by atoms with Gasteiger partial charge in [0.1, 0.15) is 5.75 Å². The van der Waals surface area contributed by atoms with Crippen molar-refractivity contribution in [2.75, 3.05) is 37.7 Å². The van der Waals surface area contributed by atoms with Gasteiger partial charge >= 0.3 is 6.09 Å². The average Bonchev–Trinajstić information content (AvgIpc) is 2.93. The number of piperidine rings is 3. The Morgan fingerprint density at radius 1 is 0.973 bits per heavy atom. The monoisotopic (exact) mass is 499 g/mol. The molecule has 6 rings (SSSR count). The average molecular weight is 500 g/mol. The Labute approximate surface area is 219 Å². The first-order chi connectivity index (χ1) is 18.1. The van der Waals surface area contributed by atoms with Gasteiger partial charge < -0.3 is 20.5 Å². The standard InChI is InChI=1S/C31H37N3O3/c32-16-13-24-6-4-10-27(20-24)37-19-5-7-23-11-12-28(25-8-2-1-3-9-25)29(21-23)34(31(35)36)30-22-33-17-14-26(30)15-18-33/h1-4,6,8-12,20-21,26,30H,5,7,13-19,22,32H2,(H,35,36). The van der Waals surface area contributed by atoms with Crippen LogP contribution in [0.5, 0.6) is 5.75 Å². The second kappa shape index (κ2) is 11.8. The van der Waals surface area contributed by atoms with Gasteiger partial charge in [-0.3, -0.25) is 4.90 Å². The lowest BCUT2D eigenvalue weighted by Gasteiger charge is -2.48. The SMILES string of the molecule is NCCc1cccc(OCCCc2ccc(-c3ccccc3)c(N(C(=O)O)C3CN4CCC3CC4)c2)c1. The number of nitrogens with zero attached hydrogens (tertiary/aromatic N) is 2. The number of aryl methyl sites for hydroxylation is 1. The molecule has 0 aromatic heterocycles. The highest BCUT2D eigenvalue weighted by molar-refractivity contribution is 5.94. The van der Waals surface area contributed by atoms with Crippen LogP contribution in [0.3, 0.4) is 0 Å². The van der Waals surface area contributed by atoms with Crippen LogP contribution in [0, 0.1) is 5.92 Å². The van der Waals surface area contributed by atoms with Gasteiger partial charge in [0.05, 0.1) is 18.3 Å². The van der Waals surface area contributed by atoms with Crippen LogP contribution in [-0.2, 0) is 12.8 Å². The smallest absolute Gasteiger partial charge is 0.412 e. The number of benzene rings is 3. The van der Waals surface area contributed by atoms with Crippen molar-refractivity contribution in [2.24, 2.45) is 11.7 Å². The summed E-state index contributed by atoms with van der Waals surface area (Å²) in [6.07, 6.45) is 3.77. The Morgan fingerprint density at radius 3 is 2.46 bits per heavy atom. The van der Waals surface area contributed by atoms with Crippen molar-refractivity contribution >= 4 is 11.8 Å². The first-order valence-corrected chi connectivity index (χ1v) is 13.5. The minimum absolute atomic E-state index is 0.0122. The van der Waals surface area contributed by atoms with Crippen LogP contribution < -0.4 is 15.4 Å². The molecular formula is C31H37N3O3. The molecule has 3 saturated heterocycles. The van der Waals surface area contributed by atoms with Crippen molar-refractivity contribution in [1.29, 1.82) is 0 Å². The zero-order valence-corrected chi connectivity index (χ0v) is 21.4. The summed E-state index contributed by atoms with van der Waals surface area (Å²) >= 11 is 0. The van der Waals surface area contributed by atoms with Crippen LogP contribution in [0.2, 0.25) is 0 Å². The first kappa shape index (κ1) is 25.3. The summed E-state index contributed by atoms with van der Waals surface area (Å²) in [4.78, 5) is 16.8. The molecular weight excluding hydrogens is 462 g/mol. The van der Waals surface area contributed by atoms with Gasteiger partial charge in [-0.15, -0.1) is 0 Å². The quantitative estimate of drug-likeness (QED) is 0.363. The van der Waals surface area contributed by atoms with E-state index in [1.807, 2.05) is 30.3 Å². The van der Waals surface area contributed by atoms with E-state index in [1.54, 1.807) is 4.90 Å². The van der Waals surface area contributed by atoms with Crippen LogP contribution in [0.25, 0.3) is 11.1 Å². The number of carbonyl (C=O) groups is 1. The minimum Gasteiger partial charge on any atom is -0.494 e. The van der Waals surface area contributed by atoms with Gasteiger partial charge in [-0.2, -0.15) is 0 Å². The summed E-state index contributed by atoms with van der Waals surface area (Å²) in [5.41, 5.74) is 10.8. The summed E-state index contributed by atoms with van der Waals surface area (Å²) in [5, 5.41) is 10.4. The van der Waals surface area contributed by atoms with Crippen LogP contribution in [0.4, 0.5) is 10.5 Å². The van der Waals surface area contributed by atoms with Gasteiger partial charge in [0.2, 0.25) is 0 Å². The van der Waals surface area contributed by atoms with Crippen molar-refractivity contribution < 1.29 is 14.6 Å². The number of rotatable bonds is 10. The van der Waals surface area contributed by atoms with Gasteiger partial charge in [-0.1, -0.05) is 54.6 Å². The molecule has 3 fully saturated rings. The number of anilines is 1. The van der Waals surface area contributed by atoms with Gasteiger partial charge in [0.15, 0.2) is 0 Å². The molecule has 6 nitrogen and oxygen atoms in total. The summed E-state index contributed by atoms with van der Waals surface area (Å²) in [7, 11) is 0. The van der Waals surface area contributed by atoms with Gasteiger partial charge in [-0.25, -0.2) is 4.79 Å². The van der Waals surface area contributed by atoms with Crippen molar-refractivity contribution in [3.63, 3.8) is 0 Å². The largest absolute Gasteiger partial charge is 0.494 e. The Kier molecular flexibility index (Phi) is 8.07. The molecule has 1 amide bonds. The molecule has 0 radical (unpaired) electrons. The number of nitrogens with two attached hydrogens (primary N) is 1. The molecule has 3 aromatic rings. The van der Waals surface area contributed by atoms with E-state index in [0.717, 1.165) is 79.9 Å². The molecule has 1 unspecified atom stereocenters. The molecule has 3 aromatic carbocycles. The molecule has 3 aliphatic rings. The molecule has 37 heavy (non-hydrogen) atoms. The van der Waals surface area contributed by atoms with E-state index < -0.39 is 6.09 Å². The highest BCUT2D eigenvalue weighted by Crippen LogP contribution is 2.38. The van der Waals surface area contributed by atoms with Crippen molar-refractivity contribution in [3.05, 3.63) is 83.9 Å². The molecule has 3 N–H and O–H groups in total. The number of fused-ring (bicyclic) bond motifs is 3. The third-order valence-electron chi connectivity index (χ3n) is 7.78. The zero-order chi connectivity index (χ0) is 25.6. The Morgan fingerprint density at radius 2 is 1.76 bits per heavy atom. The maximum Gasteiger partial charge on any atom is 0.412 e. The molecule has 3 aliphatic heterocycles. The third-order valence-corrected chi connectivity index (χ3v) is 7.78. The van der Waals surface area contributed by atoms with Gasteiger partial charge in [0, 0.05) is 12.1 Å². The number of amides is 1. The molecule has 6 heteroatoms. The topological polar surface area (TPSA) is 79.0 Å². The lowest BCUT2D eigenvalue weighted by atomic mass is 9.82. The van der Waals surface area contributed by atoms with Crippen molar-refractivity contribution in [1.82, 2.24) is 4.90 Å². The van der Waals surface area contributed by atoms with Gasteiger partial charge in [-0.05, 0) is 92.5 Å². The lowest BCUT2D eigenvalue weighted by molar-refractivity contribution is 0.0837. The van der Waals surface area contributed by atoms with E-state index in [1.165, 1.54) is 5.56 Å². The van der Waals surface area contributed by atoms with E-state index in [2.05, 4.69) is 47.4 Å². The third kappa shape index (κ3) is 5.97. The summed E-state index contributed by atoms with van der Waals surface area (Å²) in [6, 6.07) is 24.5.